The number of rotatable bonds is 3. The van der Waals surface area contributed by atoms with Gasteiger partial charge in [0, 0.05) is 11.8 Å². The fourth-order valence-electron chi connectivity index (χ4n) is 2.16. The molecule has 20 heavy (non-hydrogen) atoms. The molecular weight excluding hydrogens is 287 g/mol. The quantitative estimate of drug-likeness (QED) is 0.886. The molecule has 0 amide bonds. The molecule has 1 aromatic carbocycles. The summed E-state index contributed by atoms with van der Waals surface area (Å²) < 4.78 is 41.3. The predicted molar refractivity (Wildman–Crippen MR) is 76.3 cm³/mol. The number of para-hydroxylation sites is 2. The van der Waals surface area contributed by atoms with Crippen LogP contribution in [0.5, 0.6) is 5.75 Å². The highest BCUT2D eigenvalue weighted by Gasteiger charge is 2.35. The van der Waals surface area contributed by atoms with Gasteiger partial charge >= 0.3 is 6.36 Å². The number of alkyl halides is 3. The van der Waals surface area contributed by atoms with E-state index in [9.17, 15) is 13.2 Å². The molecule has 1 unspecified atom stereocenters. The summed E-state index contributed by atoms with van der Waals surface area (Å²) in [5, 5.41) is 3.22. The zero-order chi connectivity index (χ0) is 14.8. The Morgan fingerprint density at radius 1 is 1.30 bits per heavy atom. The molecule has 1 heterocycles. The third kappa shape index (κ3) is 3.98. The highest BCUT2D eigenvalue weighted by Crippen LogP contribution is 2.38. The SMILES string of the molecule is CC1(C)CCSCC1Nc1ccccc1OC(F)(F)F. The molecule has 112 valence electrons. The van der Waals surface area contributed by atoms with Gasteiger partial charge in [-0.15, -0.1) is 13.2 Å². The van der Waals surface area contributed by atoms with Crippen LogP contribution in [-0.2, 0) is 0 Å². The molecular formula is C14H18F3NOS. The van der Waals surface area contributed by atoms with Crippen LogP contribution in [-0.4, -0.2) is 23.9 Å². The van der Waals surface area contributed by atoms with Crippen molar-refractivity contribution in [3.8, 4) is 5.75 Å². The minimum absolute atomic E-state index is 0.0522. The molecule has 0 aromatic heterocycles. The normalized spacial score (nSPS) is 22.4. The van der Waals surface area contributed by atoms with Gasteiger partial charge in [-0.2, -0.15) is 11.8 Å². The Kier molecular flexibility index (Phi) is 4.42. The van der Waals surface area contributed by atoms with E-state index in [1.54, 1.807) is 12.1 Å². The van der Waals surface area contributed by atoms with E-state index >= 15 is 0 Å². The van der Waals surface area contributed by atoms with Crippen LogP contribution in [0, 0.1) is 5.41 Å². The molecule has 0 radical (unpaired) electrons. The van der Waals surface area contributed by atoms with E-state index in [1.807, 2.05) is 11.8 Å². The summed E-state index contributed by atoms with van der Waals surface area (Å²) in [7, 11) is 0. The van der Waals surface area contributed by atoms with E-state index in [1.165, 1.54) is 12.1 Å². The fraction of sp³-hybridized carbons (Fsp3) is 0.571. The average Bonchev–Trinajstić information content (AvgIpc) is 2.32. The number of hydrogen-bond donors (Lipinski definition) is 1. The number of nitrogens with one attached hydrogen (secondary N) is 1. The van der Waals surface area contributed by atoms with E-state index in [2.05, 4.69) is 23.9 Å². The molecule has 1 aliphatic heterocycles. The third-order valence-electron chi connectivity index (χ3n) is 3.56. The molecule has 0 spiro atoms. The summed E-state index contributed by atoms with van der Waals surface area (Å²) in [5.74, 6) is 1.80. The maximum absolute atomic E-state index is 12.4. The second kappa shape index (κ2) is 5.76. The zero-order valence-electron chi connectivity index (χ0n) is 11.5. The largest absolute Gasteiger partial charge is 0.573 e. The van der Waals surface area contributed by atoms with Crippen LogP contribution in [0.2, 0.25) is 0 Å². The maximum atomic E-state index is 12.4. The second-order valence-electron chi connectivity index (χ2n) is 5.55. The van der Waals surface area contributed by atoms with E-state index < -0.39 is 6.36 Å². The average molecular weight is 305 g/mol. The first-order chi connectivity index (χ1) is 9.28. The number of halogens is 3. The molecule has 0 aliphatic carbocycles. The van der Waals surface area contributed by atoms with Gasteiger partial charge in [0.2, 0.25) is 0 Å². The Morgan fingerprint density at radius 3 is 2.65 bits per heavy atom. The van der Waals surface area contributed by atoms with Crippen LogP contribution in [0.1, 0.15) is 20.3 Å². The molecule has 1 fully saturated rings. The minimum Gasteiger partial charge on any atom is -0.404 e. The first kappa shape index (κ1) is 15.4. The molecule has 2 rings (SSSR count). The van der Waals surface area contributed by atoms with Gasteiger partial charge in [-0.05, 0) is 29.7 Å². The van der Waals surface area contributed by atoms with Crippen molar-refractivity contribution in [1.29, 1.82) is 0 Å². The van der Waals surface area contributed by atoms with Gasteiger partial charge in [0.1, 0.15) is 0 Å². The summed E-state index contributed by atoms with van der Waals surface area (Å²) >= 11 is 1.82. The second-order valence-corrected chi connectivity index (χ2v) is 6.70. The molecule has 1 atom stereocenters. The number of thioether (sulfide) groups is 1. The van der Waals surface area contributed by atoms with Crippen LogP contribution >= 0.6 is 11.8 Å². The molecule has 1 N–H and O–H groups in total. The van der Waals surface area contributed by atoms with Gasteiger partial charge in [-0.1, -0.05) is 26.0 Å². The van der Waals surface area contributed by atoms with Gasteiger partial charge in [0.15, 0.2) is 5.75 Å². The summed E-state index contributed by atoms with van der Waals surface area (Å²) in [6.45, 7) is 4.27. The lowest BCUT2D eigenvalue weighted by Gasteiger charge is -2.39. The van der Waals surface area contributed by atoms with Gasteiger partial charge in [-0.3, -0.25) is 0 Å². The number of ether oxygens (including phenoxy) is 1. The lowest BCUT2D eigenvalue weighted by Crippen LogP contribution is -2.41. The number of anilines is 1. The molecule has 0 bridgehead atoms. The van der Waals surface area contributed by atoms with Crippen molar-refractivity contribution in [2.24, 2.45) is 5.41 Å². The van der Waals surface area contributed by atoms with Crippen molar-refractivity contribution >= 4 is 17.4 Å². The smallest absolute Gasteiger partial charge is 0.404 e. The molecule has 1 aromatic rings. The summed E-state index contributed by atoms with van der Waals surface area (Å²) in [6.07, 6.45) is -3.63. The third-order valence-corrected chi connectivity index (χ3v) is 4.62. The van der Waals surface area contributed by atoms with Crippen LogP contribution in [0.3, 0.4) is 0 Å². The van der Waals surface area contributed by atoms with E-state index in [4.69, 9.17) is 0 Å². The van der Waals surface area contributed by atoms with E-state index in [0.717, 1.165) is 17.9 Å². The summed E-state index contributed by atoms with van der Waals surface area (Å²) in [4.78, 5) is 0. The number of benzene rings is 1. The van der Waals surface area contributed by atoms with Gasteiger partial charge < -0.3 is 10.1 Å². The lowest BCUT2D eigenvalue weighted by atomic mass is 9.82. The van der Waals surface area contributed by atoms with Crippen LogP contribution < -0.4 is 10.1 Å². The topological polar surface area (TPSA) is 21.3 Å². The van der Waals surface area contributed by atoms with Crippen molar-refractivity contribution in [2.45, 2.75) is 32.7 Å². The van der Waals surface area contributed by atoms with Crippen molar-refractivity contribution in [3.05, 3.63) is 24.3 Å². The summed E-state index contributed by atoms with van der Waals surface area (Å²) in [5.41, 5.74) is 0.446. The maximum Gasteiger partial charge on any atom is 0.573 e. The molecule has 0 saturated carbocycles. The first-order valence-corrected chi connectivity index (χ1v) is 7.62. The standard InChI is InChI=1S/C14H18F3NOS/c1-13(2)7-8-20-9-12(13)18-10-5-3-4-6-11(10)19-14(15,16)17/h3-6,12,18H,7-9H2,1-2H3. The molecule has 1 aliphatic rings. The lowest BCUT2D eigenvalue weighted by molar-refractivity contribution is -0.274. The fourth-order valence-corrected chi connectivity index (χ4v) is 3.77. The molecule has 6 heteroatoms. The Morgan fingerprint density at radius 2 is 2.00 bits per heavy atom. The summed E-state index contributed by atoms with van der Waals surface area (Å²) in [6, 6.07) is 6.32. The van der Waals surface area contributed by atoms with E-state index in [0.29, 0.717) is 5.69 Å². The van der Waals surface area contributed by atoms with Crippen molar-refractivity contribution in [2.75, 3.05) is 16.8 Å². The molecule has 2 nitrogen and oxygen atoms in total. The Bertz CT molecular complexity index is 462. The Hall–Kier alpha value is -1.04. The van der Waals surface area contributed by atoms with Crippen molar-refractivity contribution in [1.82, 2.24) is 0 Å². The highest BCUT2D eigenvalue weighted by atomic mass is 32.2. The highest BCUT2D eigenvalue weighted by molar-refractivity contribution is 7.99. The Labute approximate surface area is 121 Å². The van der Waals surface area contributed by atoms with Crippen LogP contribution in [0.25, 0.3) is 0 Å². The number of hydrogen-bond acceptors (Lipinski definition) is 3. The van der Waals surface area contributed by atoms with Gasteiger partial charge in [0.05, 0.1) is 5.69 Å². The monoisotopic (exact) mass is 305 g/mol. The minimum atomic E-state index is -4.67. The van der Waals surface area contributed by atoms with Crippen molar-refractivity contribution in [3.63, 3.8) is 0 Å². The zero-order valence-corrected chi connectivity index (χ0v) is 12.3. The first-order valence-electron chi connectivity index (χ1n) is 6.47. The van der Waals surface area contributed by atoms with Crippen molar-refractivity contribution < 1.29 is 17.9 Å². The van der Waals surface area contributed by atoms with Gasteiger partial charge in [-0.25, -0.2) is 0 Å². The van der Waals surface area contributed by atoms with Crippen LogP contribution in [0.4, 0.5) is 18.9 Å². The van der Waals surface area contributed by atoms with E-state index in [-0.39, 0.29) is 17.2 Å². The molecule has 1 saturated heterocycles. The van der Waals surface area contributed by atoms with Crippen LogP contribution in [0.15, 0.2) is 24.3 Å². The predicted octanol–water partition coefficient (Wildman–Crippen LogP) is 4.53. The van der Waals surface area contributed by atoms with Gasteiger partial charge in [0.25, 0.3) is 0 Å². The Balaban J connectivity index is 2.16.